The van der Waals surface area contributed by atoms with E-state index in [4.69, 9.17) is 9.52 Å². The summed E-state index contributed by atoms with van der Waals surface area (Å²) in [5, 5.41) is 9.12. The molecule has 0 aromatic carbocycles. The number of rotatable bonds is 5. The summed E-state index contributed by atoms with van der Waals surface area (Å²) >= 11 is 0. The van der Waals surface area contributed by atoms with Gasteiger partial charge in [-0.15, -0.1) is 0 Å². The van der Waals surface area contributed by atoms with Crippen molar-refractivity contribution in [2.24, 2.45) is 0 Å². The number of aromatic carboxylic acids is 1. The number of pyridine rings is 1. The third-order valence-electron chi connectivity index (χ3n) is 3.14. The number of carbonyl (C=O) groups is 1. The van der Waals surface area contributed by atoms with Crippen LogP contribution in [0.4, 0.5) is 0 Å². The third-order valence-corrected chi connectivity index (χ3v) is 3.14. The van der Waals surface area contributed by atoms with E-state index in [9.17, 15) is 4.79 Å². The zero-order chi connectivity index (χ0) is 13.8. The lowest BCUT2D eigenvalue weighted by molar-refractivity contribution is 0.0693. The van der Waals surface area contributed by atoms with Crippen molar-refractivity contribution in [1.29, 1.82) is 0 Å². The van der Waals surface area contributed by atoms with E-state index in [1.165, 1.54) is 0 Å². The molecule has 0 aliphatic heterocycles. The highest BCUT2D eigenvalue weighted by molar-refractivity contribution is 5.88. The summed E-state index contributed by atoms with van der Waals surface area (Å²) < 4.78 is 5.35. The van der Waals surface area contributed by atoms with Crippen LogP contribution in [0.5, 0.6) is 0 Å². The maximum absolute atomic E-state index is 11.1. The van der Waals surface area contributed by atoms with Crippen molar-refractivity contribution in [3.05, 3.63) is 53.7 Å². The molecule has 2 heterocycles. The second-order valence-electron chi connectivity index (χ2n) is 4.41. The highest BCUT2D eigenvalue weighted by Gasteiger charge is 2.18. The number of furan rings is 1. The first-order valence-electron chi connectivity index (χ1n) is 6.00. The van der Waals surface area contributed by atoms with Crippen LogP contribution in [0.3, 0.4) is 0 Å². The Morgan fingerprint density at radius 3 is 2.89 bits per heavy atom. The summed E-state index contributed by atoms with van der Waals surface area (Å²) in [5.74, 6) is -0.113. The van der Waals surface area contributed by atoms with Gasteiger partial charge in [0.2, 0.25) is 0 Å². The first kappa shape index (κ1) is 13.3. The molecule has 2 aromatic rings. The lowest BCUT2D eigenvalue weighted by Gasteiger charge is -2.23. The van der Waals surface area contributed by atoms with E-state index in [-0.39, 0.29) is 11.6 Å². The van der Waals surface area contributed by atoms with E-state index < -0.39 is 5.97 Å². The molecule has 0 bridgehead atoms. The second-order valence-corrected chi connectivity index (χ2v) is 4.41. The Bertz CT molecular complexity index is 552. The number of aromatic nitrogens is 1. The molecule has 0 saturated carbocycles. The number of hydrogen-bond donors (Lipinski definition) is 1. The van der Waals surface area contributed by atoms with E-state index in [1.807, 2.05) is 31.0 Å². The van der Waals surface area contributed by atoms with Crippen molar-refractivity contribution in [3.8, 4) is 0 Å². The van der Waals surface area contributed by atoms with E-state index in [0.717, 1.165) is 5.76 Å². The zero-order valence-electron chi connectivity index (χ0n) is 10.9. The summed E-state index contributed by atoms with van der Waals surface area (Å²) in [6.45, 7) is 2.45. The normalized spacial score (nSPS) is 12.6. The Morgan fingerprint density at radius 2 is 2.26 bits per heavy atom. The van der Waals surface area contributed by atoms with Crippen LogP contribution in [0.15, 0.2) is 41.1 Å². The molecule has 0 aliphatic carbocycles. The first-order chi connectivity index (χ1) is 9.09. The van der Waals surface area contributed by atoms with Crippen LogP contribution in [0.25, 0.3) is 0 Å². The Kier molecular flexibility index (Phi) is 3.97. The molecule has 2 aromatic heterocycles. The van der Waals surface area contributed by atoms with Crippen molar-refractivity contribution in [3.63, 3.8) is 0 Å². The minimum Gasteiger partial charge on any atom is -0.478 e. The van der Waals surface area contributed by atoms with Gasteiger partial charge in [-0.05, 0) is 38.2 Å². The SMILES string of the molecule is C[C@@H](c1ccco1)N(C)Cc1ncccc1C(=O)O. The highest BCUT2D eigenvalue weighted by atomic mass is 16.4. The number of hydrogen-bond acceptors (Lipinski definition) is 4. The van der Waals surface area contributed by atoms with Gasteiger partial charge in [0.1, 0.15) is 5.76 Å². The van der Waals surface area contributed by atoms with Crippen molar-refractivity contribution < 1.29 is 14.3 Å². The molecule has 0 spiro atoms. The van der Waals surface area contributed by atoms with Crippen molar-refractivity contribution in [2.45, 2.75) is 19.5 Å². The largest absolute Gasteiger partial charge is 0.478 e. The molecule has 19 heavy (non-hydrogen) atoms. The van der Waals surface area contributed by atoms with E-state index in [1.54, 1.807) is 24.6 Å². The summed E-state index contributed by atoms with van der Waals surface area (Å²) in [7, 11) is 1.91. The van der Waals surface area contributed by atoms with Gasteiger partial charge in [-0.2, -0.15) is 0 Å². The van der Waals surface area contributed by atoms with Crippen LogP contribution in [-0.2, 0) is 6.54 Å². The molecule has 0 unspecified atom stereocenters. The standard InChI is InChI=1S/C14H16N2O3/c1-10(13-6-4-8-19-13)16(2)9-12-11(14(17)18)5-3-7-15-12/h3-8,10H,9H2,1-2H3,(H,17,18)/t10-/m0/s1. The van der Waals surface area contributed by atoms with Crippen LogP contribution in [-0.4, -0.2) is 28.0 Å². The topological polar surface area (TPSA) is 66.6 Å². The van der Waals surface area contributed by atoms with Gasteiger partial charge in [-0.1, -0.05) is 0 Å². The van der Waals surface area contributed by atoms with Gasteiger partial charge in [0.15, 0.2) is 0 Å². The van der Waals surface area contributed by atoms with Crippen molar-refractivity contribution >= 4 is 5.97 Å². The van der Waals surface area contributed by atoms with Crippen LogP contribution in [0.1, 0.15) is 34.8 Å². The summed E-state index contributed by atoms with van der Waals surface area (Å²) in [6, 6.07) is 6.98. The number of carboxylic acid groups (broad SMARTS) is 1. The molecule has 0 aliphatic rings. The third kappa shape index (κ3) is 3.00. The average molecular weight is 260 g/mol. The smallest absolute Gasteiger partial charge is 0.337 e. The Morgan fingerprint density at radius 1 is 1.47 bits per heavy atom. The summed E-state index contributed by atoms with van der Waals surface area (Å²) in [6.07, 6.45) is 3.23. The molecule has 0 fully saturated rings. The molecule has 5 nitrogen and oxygen atoms in total. The molecule has 100 valence electrons. The minimum absolute atomic E-state index is 0.0543. The van der Waals surface area contributed by atoms with E-state index in [2.05, 4.69) is 4.98 Å². The molecule has 0 amide bonds. The van der Waals surface area contributed by atoms with Crippen LogP contribution < -0.4 is 0 Å². The lowest BCUT2D eigenvalue weighted by Crippen LogP contribution is -2.23. The Labute approximate surface area is 111 Å². The molecule has 1 atom stereocenters. The van der Waals surface area contributed by atoms with Crippen LogP contribution in [0.2, 0.25) is 0 Å². The fourth-order valence-corrected chi connectivity index (χ4v) is 1.88. The highest BCUT2D eigenvalue weighted by Crippen LogP contribution is 2.21. The predicted octanol–water partition coefficient (Wildman–Crippen LogP) is 2.57. The number of carboxylic acids is 1. The van der Waals surface area contributed by atoms with Gasteiger partial charge in [-0.25, -0.2) is 4.79 Å². The Balaban J connectivity index is 2.15. The van der Waals surface area contributed by atoms with E-state index >= 15 is 0 Å². The fourth-order valence-electron chi connectivity index (χ4n) is 1.88. The van der Waals surface area contributed by atoms with Crippen LogP contribution in [0, 0.1) is 0 Å². The fraction of sp³-hybridized carbons (Fsp3) is 0.286. The summed E-state index contributed by atoms with van der Waals surface area (Å²) in [5.41, 5.74) is 0.789. The number of nitrogens with zero attached hydrogens (tertiary/aromatic N) is 2. The minimum atomic E-state index is -0.956. The molecule has 1 N–H and O–H groups in total. The molecule has 5 heteroatoms. The van der Waals surface area contributed by atoms with Gasteiger partial charge in [0.05, 0.1) is 23.6 Å². The van der Waals surface area contributed by atoms with Gasteiger partial charge >= 0.3 is 5.97 Å². The quantitative estimate of drug-likeness (QED) is 0.895. The molecule has 2 rings (SSSR count). The second kappa shape index (κ2) is 5.67. The van der Waals surface area contributed by atoms with Gasteiger partial charge in [0, 0.05) is 12.7 Å². The molecular weight excluding hydrogens is 244 g/mol. The van der Waals surface area contributed by atoms with Crippen molar-refractivity contribution in [2.75, 3.05) is 7.05 Å². The monoisotopic (exact) mass is 260 g/mol. The predicted molar refractivity (Wildman–Crippen MR) is 69.8 cm³/mol. The molecule has 0 saturated heterocycles. The zero-order valence-corrected chi connectivity index (χ0v) is 10.9. The van der Waals surface area contributed by atoms with Gasteiger partial charge < -0.3 is 9.52 Å². The molecular formula is C14H16N2O3. The van der Waals surface area contributed by atoms with Gasteiger partial charge in [-0.3, -0.25) is 9.88 Å². The Hall–Kier alpha value is -2.14. The lowest BCUT2D eigenvalue weighted by atomic mass is 10.1. The van der Waals surface area contributed by atoms with Crippen molar-refractivity contribution in [1.82, 2.24) is 9.88 Å². The maximum Gasteiger partial charge on any atom is 0.337 e. The first-order valence-corrected chi connectivity index (χ1v) is 6.00. The summed E-state index contributed by atoms with van der Waals surface area (Å²) in [4.78, 5) is 17.3. The maximum atomic E-state index is 11.1. The van der Waals surface area contributed by atoms with Gasteiger partial charge in [0.25, 0.3) is 0 Å². The average Bonchev–Trinajstić information content (AvgIpc) is 2.92. The van der Waals surface area contributed by atoms with Crippen LogP contribution >= 0.6 is 0 Å². The molecule has 0 radical (unpaired) electrons. The van der Waals surface area contributed by atoms with E-state index in [0.29, 0.717) is 12.2 Å².